The van der Waals surface area contributed by atoms with Crippen molar-refractivity contribution < 1.29 is 18.4 Å². The number of piperidine rings is 1. The maximum Gasteiger partial charge on any atom is 0.322 e. The molecule has 160 valence electrons. The first-order valence-corrected chi connectivity index (χ1v) is 10.3. The first-order valence-electron chi connectivity index (χ1n) is 10.3. The lowest BCUT2D eigenvalue weighted by molar-refractivity contribution is -0.127. The van der Waals surface area contributed by atoms with Gasteiger partial charge in [0.2, 0.25) is 5.91 Å². The van der Waals surface area contributed by atoms with Crippen LogP contribution in [0.5, 0.6) is 0 Å². The molecule has 0 aromatic heterocycles. The van der Waals surface area contributed by atoms with Crippen molar-refractivity contribution in [2.75, 3.05) is 11.9 Å². The van der Waals surface area contributed by atoms with E-state index in [0.29, 0.717) is 12.8 Å². The number of benzene rings is 2. The summed E-state index contributed by atoms with van der Waals surface area (Å²) in [5.41, 5.74) is 0.854. The Labute approximate surface area is 175 Å². The fourth-order valence-electron chi connectivity index (χ4n) is 3.67. The largest absolute Gasteiger partial charge is 0.353 e. The lowest BCUT2D eigenvalue weighted by atomic mass is 9.88. The summed E-state index contributed by atoms with van der Waals surface area (Å²) < 4.78 is 27.2. The van der Waals surface area contributed by atoms with Crippen LogP contribution >= 0.6 is 0 Å². The van der Waals surface area contributed by atoms with E-state index in [9.17, 15) is 18.4 Å². The molecule has 1 fully saturated rings. The van der Waals surface area contributed by atoms with Crippen molar-refractivity contribution in [3.8, 4) is 0 Å². The van der Waals surface area contributed by atoms with Crippen LogP contribution in [0.15, 0.2) is 48.5 Å². The molecule has 0 saturated carbocycles. The number of hydrogen-bond acceptors (Lipinski definition) is 2. The molecule has 7 heteroatoms. The number of carbonyl (C=O) groups is 2. The highest BCUT2D eigenvalue weighted by Crippen LogP contribution is 2.34. The van der Waals surface area contributed by atoms with E-state index >= 15 is 0 Å². The zero-order valence-corrected chi connectivity index (χ0v) is 17.2. The summed E-state index contributed by atoms with van der Waals surface area (Å²) in [5.74, 6) is -1.99. The number of halogens is 2. The van der Waals surface area contributed by atoms with E-state index in [2.05, 4.69) is 10.6 Å². The van der Waals surface area contributed by atoms with Crippen LogP contribution in [-0.4, -0.2) is 29.4 Å². The molecule has 2 aromatic carbocycles. The minimum Gasteiger partial charge on any atom is -0.353 e. The third-order valence-corrected chi connectivity index (χ3v) is 5.57. The van der Waals surface area contributed by atoms with E-state index in [1.165, 1.54) is 6.07 Å². The van der Waals surface area contributed by atoms with Gasteiger partial charge in [0.05, 0.1) is 17.6 Å². The molecule has 0 aliphatic carbocycles. The van der Waals surface area contributed by atoms with Gasteiger partial charge in [-0.05, 0) is 43.9 Å². The van der Waals surface area contributed by atoms with Crippen molar-refractivity contribution >= 4 is 17.6 Å². The van der Waals surface area contributed by atoms with Crippen LogP contribution in [0.3, 0.4) is 0 Å². The summed E-state index contributed by atoms with van der Waals surface area (Å²) in [6.45, 7) is 4.15. The Morgan fingerprint density at radius 2 is 1.87 bits per heavy atom. The lowest BCUT2D eigenvalue weighted by Gasteiger charge is -2.39. The number of hydrogen-bond donors (Lipinski definition) is 2. The smallest absolute Gasteiger partial charge is 0.322 e. The Hall–Kier alpha value is -2.96. The van der Waals surface area contributed by atoms with Crippen molar-refractivity contribution in [1.29, 1.82) is 0 Å². The van der Waals surface area contributed by atoms with Gasteiger partial charge >= 0.3 is 6.03 Å². The van der Waals surface area contributed by atoms with Gasteiger partial charge in [-0.15, -0.1) is 0 Å². The van der Waals surface area contributed by atoms with Crippen LogP contribution < -0.4 is 10.6 Å². The van der Waals surface area contributed by atoms with Crippen LogP contribution in [0.25, 0.3) is 0 Å². The van der Waals surface area contributed by atoms with Gasteiger partial charge in [0, 0.05) is 18.7 Å². The summed E-state index contributed by atoms with van der Waals surface area (Å²) in [6.07, 6.45) is 2.08. The second kappa shape index (κ2) is 9.69. The molecule has 0 unspecified atom stereocenters. The van der Waals surface area contributed by atoms with E-state index in [1.807, 2.05) is 44.2 Å². The van der Waals surface area contributed by atoms with Gasteiger partial charge in [-0.1, -0.05) is 37.3 Å². The highest BCUT2D eigenvalue weighted by Gasteiger charge is 2.36. The van der Waals surface area contributed by atoms with Gasteiger partial charge in [-0.25, -0.2) is 13.6 Å². The third-order valence-electron chi connectivity index (χ3n) is 5.57. The molecule has 3 amide bonds. The van der Waals surface area contributed by atoms with Crippen molar-refractivity contribution in [3.05, 3.63) is 65.7 Å². The summed E-state index contributed by atoms with van der Waals surface area (Å²) >= 11 is 0. The lowest BCUT2D eigenvalue weighted by Crippen LogP contribution is -2.49. The molecule has 5 nitrogen and oxygen atoms in total. The van der Waals surface area contributed by atoms with Crippen LogP contribution in [-0.2, 0) is 4.79 Å². The van der Waals surface area contributed by atoms with Crippen LogP contribution in [0.4, 0.5) is 19.3 Å². The van der Waals surface area contributed by atoms with E-state index in [0.717, 1.165) is 24.1 Å². The molecule has 0 spiro atoms. The van der Waals surface area contributed by atoms with Gasteiger partial charge in [0.15, 0.2) is 0 Å². The zero-order valence-electron chi connectivity index (χ0n) is 17.2. The number of amides is 3. The standard InChI is InChI=1S/C23H27F2N3O2/c1-3-15(2)26-22(29)17-9-12-21(16-7-5-4-6-8-16)28(14-17)23(30)27-20-11-10-18(24)13-19(20)25/h4-8,10-11,13,15,17,21H,3,9,12,14H2,1-2H3,(H,26,29)(H,27,30)/t15-,17-,21+/m0/s1. The Kier molecular flexibility index (Phi) is 7.03. The third kappa shape index (κ3) is 5.14. The Morgan fingerprint density at radius 1 is 1.13 bits per heavy atom. The second-order valence-corrected chi connectivity index (χ2v) is 7.73. The van der Waals surface area contributed by atoms with E-state index in [1.54, 1.807) is 4.90 Å². The van der Waals surface area contributed by atoms with Crippen molar-refractivity contribution in [1.82, 2.24) is 10.2 Å². The van der Waals surface area contributed by atoms with Crippen LogP contribution in [0, 0.1) is 17.6 Å². The molecule has 0 radical (unpaired) electrons. The number of nitrogens with zero attached hydrogens (tertiary/aromatic N) is 1. The first-order chi connectivity index (χ1) is 14.4. The molecule has 2 aromatic rings. The molecular weight excluding hydrogens is 388 g/mol. The van der Waals surface area contributed by atoms with Crippen LogP contribution in [0.1, 0.15) is 44.7 Å². The fraction of sp³-hybridized carbons (Fsp3) is 0.391. The highest BCUT2D eigenvalue weighted by molar-refractivity contribution is 5.90. The summed E-state index contributed by atoms with van der Waals surface area (Å²) in [7, 11) is 0. The quantitative estimate of drug-likeness (QED) is 0.732. The SMILES string of the molecule is CC[C@H](C)NC(=O)[C@H]1CC[C@H](c2ccccc2)N(C(=O)Nc2ccc(F)cc2F)C1. The summed E-state index contributed by atoms with van der Waals surface area (Å²) in [5, 5.41) is 5.51. The molecule has 2 N–H and O–H groups in total. The number of carbonyl (C=O) groups excluding carboxylic acids is 2. The van der Waals surface area contributed by atoms with Crippen molar-refractivity contribution in [3.63, 3.8) is 0 Å². The number of anilines is 1. The average Bonchev–Trinajstić information content (AvgIpc) is 2.75. The number of nitrogens with one attached hydrogen (secondary N) is 2. The normalized spacial score (nSPS) is 19.8. The maximum atomic E-state index is 14.0. The molecule has 1 saturated heterocycles. The van der Waals surface area contributed by atoms with Gasteiger partial charge in [-0.3, -0.25) is 4.79 Å². The van der Waals surface area contributed by atoms with E-state index < -0.39 is 17.7 Å². The second-order valence-electron chi connectivity index (χ2n) is 7.73. The molecule has 1 aliphatic rings. The van der Waals surface area contributed by atoms with E-state index in [4.69, 9.17) is 0 Å². The monoisotopic (exact) mass is 415 g/mol. The summed E-state index contributed by atoms with van der Waals surface area (Å²) in [6, 6.07) is 11.9. The van der Waals surface area contributed by atoms with Gasteiger partial charge in [0.25, 0.3) is 0 Å². The molecule has 0 bridgehead atoms. The minimum atomic E-state index is -0.845. The maximum absolute atomic E-state index is 14.0. The number of urea groups is 1. The molecular formula is C23H27F2N3O2. The minimum absolute atomic E-state index is 0.0555. The Bertz CT molecular complexity index is 891. The Balaban J connectivity index is 1.81. The molecule has 1 aliphatic heterocycles. The fourth-order valence-corrected chi connectivity index (χ4v) is 3.67. The molecule has 3 rings (SSSR count). The zero-order chi connectivity index (χ0) is 21.7. The highest BCUT2D eigenvalue weighted by atomic mass is 19.1. The predicted octanol–water partition coefficient (Wildman–Crippen LogP) is 4.86. The van der Waals surface area contributed by atoms with E-state index in [-0.39, 0.29) is 36.1 Å². The molecule has 3 atom stereocenters. The van der Waals surface area contributed by atoms with Gasteiger partial charge in [0.1, 0.15) is 11.6 Å². The first kappa shape index (κ1) is 21.7. The number of likely N-dealkylation sites (tertiary alicyclic amines) is 1. The van der Waals surface area contributed by atoms with Gasteiger partial charge in [-0.2, -0.15) is 0 Å². The predicted molar refractivity (Wildman–Crippen MR) is 112 cm³/mol. The van der Waals surface area contributed by atoms with Crippen LogP contribution in [0.2, 0.25) is 0 Å². The average molecular weight is 415 g/mol. The van der Waals surface area contributed by atoms with Crippen molar-refractivity contribution in [2.24, 2.45) is 5.92 Å². The molecule has 30 heavy (non-hydrogen) atoms. The summed E-state index contributed by atoms with van der Waals surface area (Å²) in [4.78, 5) is 27.3. The topological polar surface area (TPSA) is 61.4 Å². The van der Waals surface area contributed by atoms with Crippen molar-refractivity contribution in [2.45, 2.75) is 45.2 Å². The van der Waals surface area contributed by atoms with Gasteiger partial charge < -0.3 is 15.5 Å². The number of rotatable bonds is 5. The molecule has 1 heterocycles. The Morgan fingerprint density at radius 3 is 2.53 bits per heavy atom.